The van der Waals surface area contributed by atoms with Gasteiger partial charge in [-0.05, 0) is 19.4 Å². The molecule has 0 N–H and O–H groups in total. The third-order valence-corrected chi connectivity index (χ3v) is 0.839. The molecule has 0 unspecified atom stereocenters. The molecule has 0 aromatic heterocycles. The Morgan fingerprint density at radius 3 is 2.62 bits per heavy atom. The fourth-order valence-corrected chi connectivity index (χ4v) is 0.245. The number of rotatable bonds is 2. The molecule has 0 radical (unpaired) electrons. The maximum absolute atomic E-state index is 3.81. The second-order valence-electron chi connectivity index (χ2n) is 1.49. The monoisotopic (exact) mass is 109 g/mol. The summed E-state index contributed by atoms with van der Waals surface area (Å²) in [4.78, 5) is 3.81. The van der Waals surface area contributed by atoms with Crippen LogP contribution in [0.15, 0.2) is 29.4 Å². The molecular formula is C7H11N. The molecule has 0 spiro atoms. The second kappa shape index (κ2) is 4.31. The topological polar surface area (TPSA) is 12.4 Å². The van der Waals surface area contributed by atoms with E-state index >= 15 is 0 Å². The first-order chi connectivity index (χ1) is 3.81. The van der Waals surface area contributed by atoms with E-state index in [0.29, 0.717) is 0 Å². The number of hydrogen-bond donors (Lipinski definition) is 0. The molecule has 44 valence electrons. The van der Waals surface area contributed by atoms with Crippen molar-refractivity contribution in [3.05, 3.63) is 24.4 Å². The molecule has 0 heterocycles. The van der Waals surface area contributed by atoms with E-state index in [1.807, 2.05) is 19.9 Å². The van der Waals surface area contributed by atoms with Crippen LogP contribution in [0.4, 0.5) is 0 Å². The van der Waals surface area contributed by atoms with E-state index in [1.54, 1.807) is 6.21 Å². The lowest BCUT2D eigenvalue weighted by Crippen LogP contribution is -1.71. The van der Waals surface area contributed by atoms with Crippen LogP contribution in [0.3, 0.4) is 0 Å². The van der Waals surface area contributed by atoms with Crippen LogP contribution in [0.1, 0.15) is 13.8 Å². The summed E-state index contributed by atoms with van der Waals surface area (Å²) >= 11 is 0. The summed E-state index contributed by atoms with van der Waals surface area (Å²) < 4.78 is 0. The first-order valence-electron chi connectivity index (χ1n) is 2.58. The third kappa shape index (κ3) is 3.34. The Bertz CT molecular complexity index is 120. The highest BCUT2D eigenvalue weighted by Crippen LogP contribution is 1.84. The Hall–Kier alpha value is -0.850. The molecule has 1 heteroatoms. The first kappa shape index (κ1) is 7.15. The Morgan fingerprint density at radius 1 is 1.62 bits per heavy atom. The predicted octanol–water partition coefficient (Wildman–Crippen LogP) is 2.17. The average molecular weight is 109 g/mol. The molecule has 0 aliphatic rings. The summed E-state index contributed by atoms with van der Waals surface area (Å²) in [6.45, 7) is 7.41. The predicted molar refractivity (Wildman–Crippen MR) is 38.1 cm³/mol. The minimum atomic E-state index is 1.16. The van der Waals surface area contributed by atoms with E-state index in [4.69, 9.17) is 0 Å². The Kier molecular flexibility index (Phi) is 3.85. The average Bonchev–Trinajstić information content (AvgIpc) is 1.83. The fraction of sp³-hybridized carbons (Fsp3) is 0.286. The van der Waals surface area contributed by atoms with Gasteiger partial charge in [-0.15, -0.1) is 0 Å². The molecule has 0 saturated heterocycles. The normalized spacial score (nSPS) is 12.5. The van der Waals surface area contributed by atoms with E-state index in [0.717, 1.165) is 5.57 Å². The highest BCUT2D eigenvalue weighted by molar-refractivity contribution is 5.77. The van der Waals surface area contributed by atoms with Crippen molar-refractivity contribution in [1.82, 2.24) is 0 Å². The van der Waals surface area contributed by atoms with Gasteiger partial charge in [0.25, 0.3) is 0 Å². The molecule has 1 nitrogen and oxygen atoms in total. The summed E-state index contributed by atoms with van der Waals surface area (Å²) in [6.07, 6.45) is 5.28. The van der Waals surface area contributed by atoms with Crippen molar-refractivity contribution in [3.63, 3.8) is 0 Å². The molecule has 0 aliphatic carbocycles. The summed E-state index contributed by atoms with van der Waals surface area (Å²) in [6, 6.07) is 0. The highest BCUT2D eigenvalue weighted by atomic mass is 14.6. The van der Waals surface area contributed by atoms with Crippen molar-refractivity contribution in [2.75, 3.05) is 0 Å². The molecule has 0 amide bonds. The van der Waals surface area contributed by atoms with E-state index in [1.165, 1.54) is 6.20 Å². The number of nitrogens with zero attached hydrogens (tertiary/aromatic N) is 1. The molecule has 0 aromatic rings. The summed E-state index contributed by atoms with van der Waals surface area (Å²) in [5.41, 5.74) is 1.16. The van der Waals surface area contributed by atoms with Gasteiger partial charge >= 0.3 is 0 Å². The van der Waals surface area contributed by atoms with E-state index in [2.05, 4.69) is 11.6 Å². The van der Waals surface area contributed by atoms with Crippen LogP contribution < -0.4 is 0 Å². The summed E-state index contributed by atoms with van der Waals surface area (Å²) in [5, 5.41) is 0. The number of aliphatic imine (C=N–C) groups is 1. The van der Waals surface area contributed by atoms with Crippen molar-refractivity contribution in [2.24, 2.45) is 4.99 Å². The molecule has 0 fully saturated rings. The largest absolute Gasteiger partial charge is 0.265 e. The lowest BCUT2D eigenvalue weighted by atomic mass is 10.3. The van der Waals surface area contributed by atoms with E-state index < -0.39 is 0 Å². The SMILES string of the molecule is C=CN=C/C(C)=C\C. The summed E-state index contributed by atoms with van der Waals surface area (Å²) in [7, 11) is 0. The maximum Gasteiger partial charge on any atom is 0.0293 e. The van der Waals surface area contributed by atoms with Gasteiger partial charge in [-0.25, -0.2) is 0 Å². The van der Waals surface area contributed by atoms with Gasteiger partial charge in [0.05, 0.1) is 0 Å². The van der Waals surface area contributed by atoms with Gasteiger partial charge in [0, 0.05) is 12.4 Å². The van der Waals surface area contributed by atoms with Crippen molar-refractivity contribution in [2.45, 2.75) is 13.8 Å². The van der Waals surface area contributed by atoms with Crippen molar-refractivity contribution in [3.8, 4) is 0 Å². The lowest BCUT2D eigenvalue weighted by molar-refractivity contribution is 1.51. The molecule has 8 heavy (non-hydrogen) atoms. The number of allylic oxidation sites excluding steroid dienone is 2. The Balaban J connectivity index is 3.69. The lowest BCUT2D eigenvalue weighted by Gasteiger charge is -1.81. The van der Waals surface area contributed by atoms with E-state index in [-0.39, 0.29) is 0 Å². The standard InChI is InChI=1S/C7H11N/c1-4-7(3)6-8-5-2/h4-6H,2H2,1,3H3/b7-4-,8-6?. The molecule has 0 saturated carbocycles. The molecule has 0 aromatic carbocycles. The van der Waals surface area contributed by atoms with Crippen molar-refractivity contribution < 1.29 is 0 Å². The first-order valence-corrected chi connectivity index (χ1v) is 2.58. The van der Waals surface area contributed by atoms with Crippen LogP contribution in [-0.2, 0) is 0 Å². The third-order valence-electron chi connectivity index (χ3n) is 0.839. The van der Waals surface area contributed by atoms with Crippen LogP contribution in [0.25, 0.3) is 0 Å². The van der Waals surface area contributed by atoms with Gasteiger partial charge in [0.15, 0.2) is 0 Å². The Labute approximate surface area is 50.4 Å². The van der Waals surface area contributed by atoms with Crippen molar-refractivity contribution in [1.29, 1.82) is 0 Å². The van der Waals surface area contributed by atoms with Gasteiger partial charge in [-0.1, -0.05) is 12.7 Å². The second-order valence-corrected chi connectivity index (χ2v) is 1.49. The van der Waals surface area contributed by atoms with Gasteiger partial charge in [0.1, 0.15) is 0 Å². The van der Waals surface area contributed by atoms with Gasteiger partial charge < -0.3 is 0 Å². The smallest absolute Gasteiger partial charge is 0.0293 e. The molecule has 0 bridgehead atoms. The van der Waals surface area contributed by atoms with Crippen LogP contribution in [0.5, 0.6) is 0 Å². The minimum absolute atomic E-state index is 1.16. The molecule has 0 rings (SSSR count). The van der Waals surface area contributed by atoms with Crippen LogP contribution in [-0.4, -0.2) is 6.21 Å². The fourth-order valence-electron chi connectivity index (χ4n) is 0.245. The zero-order valence-corrected chi connectivity index (χ0v) is 5.39. The molecular weight excluding hydrogens is 98.1 g/mol. The zero-order chi connectivity index (χ0) is 6.41. The molecule has 0 atom stereocenters. The minimum Gasteiger partial charge on any atom is -0.265 e. The van der Waals surface area contributed by atoms with E-state index in [9.17, 15) is 0 Å². The van der Waals surface area contributed by atoms with Crippen molar-refractivity contribution >= 4 is 6.21 Å². The van der Waals surface area contributed by atoms with Crippen LogP contribution in [0.2, 0.25) is 0 Å². The number of hydrogen-bond acceptors (Lipinski definition) is 1. The zero-order valence-electron chi connectivity index (χ0n) is 5.39. The van der Waals surface area contributed by atoms with Gasteiger partial charge in [0.2, 0.25) is 0 Å². The van der Waals surface area contributed by atoms with Crippen LogP contribution >= 0.6 is 0 Å². The quantitative estimate of drug-likeness (QED) is 0.482. The maximum atomic E-state index is 3.81. The highest BCUT2D eigenvalue weighted by Gasteiger charge is 1.72. The van der Waals surface area contributed by atoms with Crippen LogP contribution in [0, 0.1) is 0 Å². The van der Waals surface area contributed by atoms with Gasteiger partial charge in [-0.3, -0.25) is 4.99 Å². The van der Waals surface area contributed by atoms with Gasteiger partial charge in [-0.2, -0.15) is 0 Å². The summed E-state index contributed by atoms with van der Waals surface area (Å²) in [5.74, 6) is 0. The Morgan fingerprint density at radius 2 is 2.25 bits per heavy atom. The molecule has 0 aliphatic heterocycles.